The molecule has 0 radical (unpaired) electrons. The first-order valence-electron chi connectivity index (χ1n) is 16.0. The normalized spacial score (nSPS) is 21.0. The first kappa shape index (κ1) is 32.9. The van der Waals surface area contributed by atoms with E-state index in [-0.39, 0.29) is 42.3 Å². The van der Waals surface area contributed by atoms with Gasteiger partial charge in [-0.25, -0.2) is 4.79 Å². The number of likely N-dealkylation sites (tertiary alicyclic amines) is 3. The molecule has 5 heterocycles. The molecule has 250 valence electrons. The van der Waals surface area contributed by atoms with E-state index in [9.17, 15) is 32.7 Å². The van der Waals surface area contributed by atoms with Gasteiger partial charge in [-0.3, -0.25) is 9.59 Å². The Morgan fingerprint density at radius 2 is 1.65 bits per heavy atom. The largest absolute Gasteiger partial charge is 0.506 e. The first-order chi connectivity index (χ1) is 22.0. The van der Waals surface area contributed by atoms with E-state index in [0.29, 0.717) is 51.6 Å². The second-order valence-corrected chi connectivity index (χ2v) is 14.2. The molecule has 2 aromatic rings. The van der Waals surface area contributed by atoms with Gasteiger partial charge < -0.3 is 30.0 Å². The summed E-state index contributed by atoms with van der Waals surface area (Å²) in [5.74, 6) is -2.44. The Morgan fingerprint density at radius 1 is 1.00 bits per heavy atom. The summed E-state index contributed by atoms with van der Waals surface area (Å²) in [5, 5.41) is 14.4. The molecule has 0 spiro atoms. The van der Waals surface area contributed by atoms with Crippen LogP contribution in [0.4, 0.5) is 23.7 Å². The molecule has 1 aromatic heterocycles. The fourth-order valence-electron chi connectivity index (χ4n) is 7.39. The van der Waals surface area contributed by atoms with Gasteiger partial charge in [0.25, 0.3) is 0 Å². The monoisotopic (exact) mass is 681 g/mol. The highest BCUT2D eigenvalue weighted by Gasteiger charge is 2.38. The Kier molecular flexibility index (Phi) is 9.73. The molecule has 1 atom stereocenters. The predicted octanol–water partition coefficient (Wildman–Crippen LogP) is 5.80. The number of carbonyl (C=O) groups excluding carboxylic acids is 3. The highest BCUT2D eigenvalue weighted by molar-refractivity contribution is 7.10. The quantitative estimate of drug-likeness (QED) is 0.385. The molecule has 0 saturated carbocycles. The number of anilines is 1. The summed E-state index contributed by atoms with van der Waals surface area (Å²) in [4.78, 5) is 49.1. The van der Waals surface area contributed by atoms with Gasteiger partial charge >= 0.3 is 12.2 Å². The van der Waals surface area contributed by atoms with Crippen LogP contribution in [0.3, 0.4) is 0 Å². The third-order valence-electron chi connectivity index (χ3n) is 9.93. The molecule has 0 aliphatic carbocycles. The fraction of sp³-hybridized carbons (Fsp3) is 0.594. The number of halogens is 4. The van der Waals surface area contributed by atoms with Gasteiger partial charge in [0, 0.05) is 49.6 Å². The number of nitrogens with one attached hydrogen (secondary N) is 1. The number of carbonyl (C=O) groups is 3. The number of thiophene rings is 1. The molecule has 3 saturated heterocycles. The second-order valence-electron chi connectivity index (χ2n) is 12.8. The van der Waals surface area contributed by atoms with E-state index in [4.69, 9.17) is 11.6 Å². The number of urea groups is 1. The Balaban J connectivity index is 1.13. The van der Waals surface area contributed by atoms with Crippen molar-refractivity contribution in [1.82, 2.24) is 19.6 Å². The average molecular weight is 682 g/mol. The molecule has 1 aromatic carbocycles. The number of fused-ring (bicyclic) bond motifs is 1. The van der Waals surface area contributed by atoms with Crippen LogP contribution < -0.4 is 5.32 Å². The summed E-state index contributed by atoms with van der Waals surface area (Å²) in [6, 6.07) is 4.17. The van der Waals surface area contributed by atoms with Crippen LogP contribution in [0, 0.1) is 5.92 Å². The summed E-state index contributed by atoms with van der Waals surface area (Å²) >= 11 is 7.58. The number of nitrogens with zero attached hydrogens (tertiary/aromatic N) is 4. The molecule has 4 amide bonds. The highest BCUT2D eigenvalue weighted by atomic mass is 35.5. The Hall–Kier alpha value is -3.03. The van der Waals surface area contributed by atoms with Gasteiger partial charge in [-0.2, -0.15) is 13.2 Å². The maximum Gasteiger partial charge on any atom is 0.420 e. The molecule has 3 fully saturated rings. The minimum atomic E-state index is -4.84. The zero-order chi connectivity index (χ0) is 32.6. The summed E-state index contributed by atoms with van der Waals surface area (Å²) in [6.45, 7) is 4.54. The van der Waals surface area contributed by atoms with Crippen molar-refractivity contribution >= 4 is 46.5 Å². The molecular weight excluding hydrogens is 643 g/mol. The van der Waals surface area contributed by atoms with E-state index in [1.165, 1.54) is 18.9 Å². The van der Waals surface area contributed by atoms with Crippen molar-refractivity contribution in [3.63, 3.8) is 0 Å². The van der Waals surface area contributed by atoms with Gasteiger partial charge in [0.15, 0.2) is 0 Å². The Bertz CT molecular complexity index is 1450. The van der Waals surface area contributed by atoms with E-state index in [1.54, 1.807) is 21.1 Å². The maximum absolute atomic E-state index is 13.9. The van der Waals surface area contributed by atoms with E-state index in [2.05, 4.69) is 10.2 Å². The number of phenols is 1. The van der Waals surface area contributed by atoms with Crippen LogP contribution in [-0.4, -0.2) is 93.9 Å². The summed E-state index contributed by atoms with van der Waals surface area (Å²) in [7, 11) is 0. The number of amides is 4. The van der Waals surface area contributed by atoms with Crippen LogP contribution in [0.2, 0.25) is 5.02 Å². The Labute approximate surface area is 275 Å². The number of aromatic hydroxyl groups is 1. The van der Waals surface area contributed by atoms with Crippen molar-refractivity contribution in [2.45, 2.75) is 76.2 Å². The second kappa shape index (κ2) is 13.6. The molecule has 2 N–H and O–H groups in total. The first-order valence-corrected chi connectivity index (χ1v) is 17.3. The van der Waals surface area contributed by atoms with Crippen LogP contribution in [0.1, 0.15) is 60.9 Å². The molecular formula is C32H39ClF3N5O4S. The van der Waals surface area contributed by atoms with Crippen LogP contribution in [0.5, 0.6) is 5.75 Å². The van der Waals surface area contributed by atoms with Gasteiger partial charge in [0.05, 0.1) is 28.7 Å². The number of hydrogen-bond acceptors (Lipinski definition) is 6. The minimum Gasteiger partial charge on any atom is -0.506 e. The van der Waals surface area contributed by atoms with Crippen LogP contribution >= 0.6 is 22.9 Å². The van der Waals surface area contributed by atoms with Crippen LogP contribution in [-0.2, 0) is 28.7 Å². The van der Waals surface area contributed by atoms with E-state index in [1.807, 2.05) is 16.3 Å². The van der Waals surface area contributed by atoms with Gasteiger partial charge in [-0.1, -0.05) is 11.6 Å². The van der Waals surface area contributed by atoms with Crippen molar-refractivity contribution in [3.05, 3.63) is 44.6 Å². The molecule has 9 nitrogen and oxygen atoms in total. The molecule has 46 heavy (non-hydrogen) atoms. The van der Waals surface area contributed by atoms with E-state index < -0.39 is 28.4 Å². The molecule has 4 aliphatic rings. The van der Waals surface area contributed by atoms with Crippen molar-refractivity contribution in [2.24, 2.45) is 5.92 Å². The minimum absolute atomic E-state index is 0.0337. The van der Waals surface area contributed by atoms with Gasteiger partial charge in [0.2, 0.25) is 11.8 Å². The summed E-state index contributed by atoms with van der Waals surface area (Å²) < 4.78 is 41.0. The van der Waals surface area contributed by atoms with Gasteiger partial charge in [-0.15, -0.1) is 11.3 Å². The standard InChI is InChI=1S/C32H39ClF3N5O4S/c33-25-17-20(16-24(29(25)43)32(34,35)36)15-21(30(44)40-12-3-22(4-13-40)38-8-1-2-9-38)18-28(42)39-10-5-23(6-11-39)41-19-27-26(7-14-46-27)37-31(41)45/h7,14,16-17,21-23,43H,1-6,8-13,15,18-19H2,(H,37,45)/t21-/m0/s1. The number of phenolic OH excluding ortho intramolecular Hbond substituents is 1. The van der Waals surface area contributed by atoms with Crippen LogP contribution in [0.15, 0.2) is 23.6 Å². The molecule has 6 rings (SSSR count). The van der Waals surface area contributed by atoms with E-state index >= 15 is 0 Å². The highest BCUT2D eigenvalue weighted by Crippen LogP contribution is 2.41. The SMILES string of the molecule is O=C(C[C@H](Cc1cc(Cl)c(O)c(C(F)(F)F)c1)C(=O)N1CCC(N2CCCC2)CC1)N1CCC(N2Cc3sccc3NC2=O)CC1. The number of piperidine rings is 2. The number of hydrogen-bond donors (Lipinski definition) is 2. The third kappa shape index (κ3) is 7.11. The smallest absolute Gasteiger partial charge is 0.420 e. The van der Waals surface area contributed by atoms with Gasteiger partial charge in [-0.05, 0) is 87.2 Å². The maximum atomic E-state index is 13.9. The van der Waals surface area contributed by atoms with Crippen molar-refractivity contribution < 1.29 is 32.7 Å². The van der Waals surface area contributed by atoms with Crippen molar-refractivity contribution in [1.29, 1.82) is 0 Å². The number of benzene rings is 1. The van der Waals surface area contributed by atoms with Crippen molar-refractivity contribution in [3.8, 4) is 5.75 Å². The number of rotatable bonds is 7. The molecule has 14 heteroatoms. The zero-order valence-electron chi connectivity index (χ0n) is 25.5. The number of alkyl halides is 3. The van der Waals surface area contributed by atoms with Crippen molar-refractivity contribution in [2.75, 3.05) is 44.6 Å². The lowest BCUT2D eigenvalue weighted by molar-refractivity contribution is -0.143. The topological polar surface area (TPSA) is 96.4 Å². The van der Waals surface area contributed by atoms with Gasteiger partial charge in [0.1, 0.15) is 5.75 Å². The van der Waals surface area contributed by atoms with E-state index in [0.717, 1.165) is 42.6 Å². The zero-order valence-corrected chi connectivity index (χ0v) is 27.1. The molecule has 4 aliphatic heterocycles. The Morgan fingerprint density at radius 3 is 2.33 bits per heavy atom. The third-order valence-corrected chi connectivity index (χ3v) is 11.1. The average Bonchev–Trinajstić information content (AvgIpc) is 3.74. The summed E-state index contributed by atoms with van der Waals surface area (Å²) in [5.41, 5.74) is -0.291. The molecule has 0 bridgehead atoms. The fourth-order valence-corrected chi connectivity index (χ4v) is 8.46. The van der Waals surface area contributed by atoms with Crippen LogP contribution in [0.25, 0.3) is 0 Å². The lowest BCUT2D eigenvalue weighted by Crippen LogP contribution is -2.51. The summed E-state index contributed by atoms with van der Waals surface area (Å²) in [6.07, 6.45) is 0.0615. The lowest BCUT2D eigenvalue weighted by Gasteiger charge is -2.40. The lowest BCUT2D eigenvalue weighted by atomic mass is 9.91. The predicted molar refractivity (Wildman–Crippen MR) is 169 cm³/mol. The molecule has 0 unspecified atom stereocenters.